The highest BCUT2D eigenvalue weighted by Gasteiger charge is 2.07. The van der Waals surface area contributed by atoms with Crippen LogP contribution in [0.2, 0.25) is 0 Å². The number of aryl methyl sites for hydroxylation is 1. The number of hydrogen-bond acceptors (Lipinski definition) is 4. The molecule has 1 aromatic rings. The van der Waals surface area contributed by atoms with Crippen molar-refractivity contribution in [1.82, 2.24) is 4.98 Å². The molecule has 0 saturated carbocycles. The maximum absolute atomic E-state index is 8.90. The van der Waals surface area contributed by atoms with E-state index in [0.29, 0.717) is 12.2 Å². The third-order valence-corrected chi connectivity index (χ3v) is 2.34. The quantitative estimate of drug-likeness (QED) is 0.756. The van der Waals surface area contributed by atoms with Crippen molar-refractivity contribution in [1.29, 1.82) is 5.26 Å². The summed E-state index contributed by atoms with van der Waals surface area (Å²) in [4.78, 5) is 6.52. The van der Waals surface area contributed by atoms with Gasteiger partial charge in [-0.15, -0.1) is 0 Å². The fourth-order valence-corrected chi connectivity index (χ4v) is 1.51. The van der Waals surface area contributed by atoms with Crippen LogP contribution < -0.4 is 4.90 Å². The summed E-state index contributed by atoms with van der Waals surface area (Å²) in [7, 11) is 1.68. The molecule has 0 spiro atoms. The molecule has 4 heteroatoms. The van der Waals surface area contributed by atoms with E-state index in [0.717, 1.165) is 24.6 Å². The SMILES string of the molecule is CCN(CCOC)c1cc(C#N)cc(C)n1. The van der Waals surface area contributed by atoms with E-state index in [9.17, 15) is 0 Å². The first-order valence-electron chi connectivity index (χ1n) is 5.34. The van der Waals surface area contributed by atoms with Crippen molar-refractivity contribution in [3.05, 3.63) is 23.4 Å². The Morgan fingerprint density at radius 3 is 2.81 bits per heavy atom. The molecule has 0 aliphatic rings. The molecule has 16 heavy (non-hydrogen) atoms. The van der Waals surface area contributed by atoms with E-state index in [1.54, 1.807) is 13.2 Å². The van der Waals surface area contributed by atoms with Crippen molar-refractivity contribution >= 4 is 5.82 Å². The molecule has 0 saturated heterocycles. The lowest BCUT2D eigenvalue weighted by Crippen LogP contribution is -2.27. The summed E-state index contributed by atoms with van der Waals surface area (Å²) in [6.45, 7) is 6.25. The summed E-state index contributed by atoms with van der Waals surface area (Å²) in [6.07, 6.45) is 0. The highest BCUT2D eigenvalue weighted by Crippen LogP contribution is 2.14. The van der Waals surface area contributed by atoms with E-state index in [1.165, 1.54) is 0 Å². The van der Waals surface area contributed by atoms with Gasteiger partial charge in [0.1, 0.15) is 5.82 Å². The number of anilines is 1. The second kappa shape index (κ2) is 6.09. The molecule has 0 aromatic carbocycles. The minimum Gasteiger partial charge on any atom is -0.383 e. The van der Waals surface area contributed by atoms with Crippen molar-refractivity contribution in [2.75, 3.05) is 31.7 Å². The van der Waals surface area contributed by atoms with Gasteiger partial charge in [-0.2, -0.15) is 5.26 Å². The Bertz CT molecular complexity index is 384. The lowest BCUT2D eigenvalue weighted by molar-refractivity contribution is 0.205. The average Bonchev–Trinajstić information content (AvgIpc) is 2.29. The normalized spacial score (nSPS) is 9.88. The van der Waals surface area contributed by atoms with E-state index in [4.69, 9.17) is 10.00 Å². The Hall–Kier alpha value is -1.60. The number of rotatable bonds is 5. The van der Waals surface area contributed by atoms with Crippen LogP contribution in [0.25, 0.3) is 0 Å². The van der Waals surface area contributed by atoms with Gasteiger partial charge in [-0.3, -0.25) is 0 Å². The molecule has 0 atom stereocenters. The lowest BCUT2D eigenvalue weighted by Gasteiger charge is -2.21. The van der Waals surface area contributed by atoms with Crippen LogP contribution in [0.1, 0.15) is 18.2 Å². The Morgan fingerprint density at radius 2 is 2.25 bits per heavy atom. The highest BCUT2D eigenvalue weighted by atomic mass is 16.5. The van der Waals surface area contributed by atoms with E-state index in [2.05, 4.69) is 22.9 Å². The summed E-state index contributed by atoms with van der Waals surface area (Å²) in [5, 5.41) is 8.90. The lowest BCUT2D eigenvalue weighted by atomic mass is 10.2. The van der Waals surface area contributed by atoms with Gasteiger partial charge in [0.05, 0.1) is 18.2 Å². The molecule has 1 aromatic heterocycles. The Morgan fingerprint density at radius 1 is 1.50 bits per heavy atom. The second-order valence-corrected chi connectivity index (χ2v) is 3.54. The summed E-state index contributed by atoms with van der Waals surface area (Å²) in [5.41, 5.74) is 1.52. The average molecular weight is 219 g/mol. The molecule has 0 N–H and O–H groups in total. The molecule has 0 bridgehead atoms. The minimum absolute atomic E-state index is 0.651. The second-order valence-electron chi connectivity index (χ2n) is 3.54. The molecule has 0 fully saturated rings. The fraction of sp³-hybridized carbons (Fsp3) is 0.500. The van der Waals surface area contributed by atoms with Crippen LogP contribution in [0, 0.1) is 18.3 Å². The maximum Gasteiger partial charge on any atom is 0.130 e. The van der Waals surface area contributed by atoms with Gasteiger partial charge in [-0.25, -0.2) is 4.98 Å². The van der Waals surface area contributed by atoms with Gasteiger partial charge in [-0.05, 0) is 26.0 Å². The summed E-state index contributed by atoms with van der Waals surface area (Å²) in [6, 6.07) is 5.74. The third kappa shape index (κ3) is 3.21. The standard InChI is InChI=1S/C12H17N3O/c1-4-15(5-6-16-3)12-8-11(9-13)7-10(2)14-12/h7-8H,4-6H2,1-3H3. The molecule has 0 amide bonds. The molecular weight excluding hydrogens is 202 g/mol. The van der Waals surface area contributed by atoms with E-state index < -0.39 is 0 Å². The van der Waals surface area contributed by atoms with E-state index in [-0.39, 0.29) is 0 Å². The first-order chi connectivity index (χ1) is 7.71. The van der Waals surface area contributed by atoms with Crippen molar-refractivity contribution in [2.45, 2.75) is 13.8 Å². The molecule has 4 nitrogen and oxygen atoms in total. The van der Waals surface area contributed by atoms with Crippen LogP contribution in [0.3, 0.4) is 0 Å². The van der Waals surface area contributed by atoms with Gasteiger partial charge in [0.25, 0.3) is 0 Å². The van der Waals surface area contributed by atoms with Gasteiger partial charge in [-0.1, -0.05) is 0 Å². The first-order valence-corrected chi connectivity index (χ1v) is 5.34. The predicted molar refractivity (Wildman–Crippen MR) is 63.5 cm³/mol. The Labute approximate surface area is 96.5 Å². The fourth-order valence-electron chi connectivity index (χ4n) is 1.51. The van der Waals surface area contributed by atoms with Crippen LogP contribution in [-0.4, -0.2) is 31.8 Å². The smallest absolute Gasteiger partial charge is 0.130 e. The predicted octanol–water partition coefficient (Wildman–Crippen LogP) is 1.73. The zero-order chi connectivity index (χ0) is 12.0. The number of nitriles is 1. The monoisotopic (exact) mass is 219 g/mol. The molecule has 0 aliphatic heterocycles. The van der Waals surface area contributed by atoms with Crippen molar-refractivity contribution in [2.24, 2.45) is 0 Å². The number of hydrogen-bond donors (Lipinski definition) is 0. The summed E-state index contributed by atoms with van der Waals surface area (Å²) < 4.78 is 5.05. The molecule has 1 rings (SSSR count). The number of nitrogens with zero attached hydrogens (tertiary/aromatic N) is 3. The molecular formula is C12H17N3O. The molecule has 0 radical (unpaired) electrons. The number of methoxy groups -OCH3 is 1. The van der Waals surface area contributed by atoms with E-state index >= 15 is 0 Å². The van der Waals surface area contributed by atoms with Crippen LogP contribution in [-0.2, 0) is 4.74 Å². The topological polar surface area (TPSA) is 49.1 Å². The zero-order valence-electron chi connectivity index (χ0n) is 10.0. The third-order valence-electron chi connectivity index (χ3n) is 2.34. The van der Waals surface area contributed by atoms with Crippen LogP contribution in [0.4, 0.5) is 5.82 Å². The molecule has 0 aliphatic carbocycles. The van der Waals surface area contributed by atoms with Crippen molar-refractivity contribution < 1.29 is 4.74 Å². The van der Waals surface area contributed by atoms with Crippen LogP contribution in [0.15, 0.2) is 12.1 Å². The van der Waals surface area contributed by atoms with Crippen molar-refractivity contribution in [3.8, 4) is 6.07 Å². The van der Waals surface area contributed by atoms with Gasteiger partial charge in [0, 0.05) is 25.9 Å². The molecule has 1 heterocycles. The first kappa shape index (κ1) is 12.5. The highest BCUT2D eigenvalue weighted by molar-refractivity contribution is 5.46. The number of ether oxygens (including phenoxy) is 1. The Kier molecular flexibility index (Phi) is 4.74. The largest absolute Gasteiger partial charge is 0.383 e. The minimum atomic E-state index is 0.651. The van der Waals surface area contributed by atoms with Gasteiger partial charge >= 0.3 is 0 Å². The summed E-state index contributed by atoms with van der Waals surface area (Å²) >= 11 is 0. The summed E-state index contributed by atoms with van der Waals surface area (Å²) in [5.74, 6) is 0.844. The van der Waals surface area contributed by atoms with Gasteiger partial charge in [0.15, 0.2) is 0 Å². The maximum atomic E-state index is 8.90. The van der Waals surface area contributed by atoms with Crippen LogP contribution >= 0.6 is 0 Å². The number of likely N-dealkylation sites (N-methyl/N-ethyl adjacent to an activating group) is 1. The number of pyridine rings is 1. The number of aromatic nitrogens is 1. The molecule has 86 valence electrons. The molecule has 0 unspecified atom stereocenters. The zero-order valence-corrected chi connectivity index (χ0v) is 10.0. The van der Waals surface area contributed by atoms with Crippen LogP contribution in [0.5, 0.6) is 0 Å². The van der Waals surface area contributed by atoms with E-state index in [1.807, 2.05) is 13.0 Å². The van der Waals surface area contributed by atoms with Gasteiger partial charge in [0.2, 0.25) is 0 Å². The van der Waals surface area contributed by atoms with Gasteiger partial charge < -0.3 is 9.64 Å². The van der Waals surface area contributed by atoms with Crippen molar-refractivity contribution in [3.63, 3.8) is 0 Å². The Balaban J connectivity index is 2.91.